The number of fused-ring (bicyclic) bond motifs is 1. The molecule has 0 unspecified atom stereocenters. The molecule has 1 saturated heterocycles. The van der Waals surface area contributed by atoms with Gasteiger partial charge in [-0.2, -0.15) is 4.31 Å². The third-order valence-corrected chi connectivity index (χ3v) is 7.83. The first-order chi connectivity index (χ1) is 14.9. The molecule has 164 valence electrons. The summed E-state index contributed by atoms with van der Waals surface area (Å²) >= 11 is 0. The van der Waals surface area contributed by atoms with Crippen molar-refractivity contribution in [3.63, 3.8) is 0 Å². The first kappa shape index (κ1) is 21.5. The van der Waals surface area contributed by atoms with Crippen molar-refractivity contribution in [3.8, 4) is 0 Å². The molecular weight excluding hydrogens is 414 g/mol. The second-order valence-corrected chi connectivity index (χ2v) is 10.1. The molecule has 2 aliphatic rings. The van der Waals surface area contributed by atoms with Crippen LogP contribution in [-0.4, -0.2) is 37.6 Å². The van der Waals surface area contributed by atoms with Crippen molar-refractivity contribution >= 4 is 21.8 Å². The Morgan fingerprint density at radius 2 is 1.52 bits per heavy atom. The minimum atomic E-state index is -3.52. The van der Waals surface area contributed by atoms with E-state index in [-0.39, 0.29) is 22.8 Å². The molecule has 4 rings (SSSR count). The van der Waals surface area contributed by atoms with Gasteiger partial charge in [0.05, 0.1) is 11.3 Å². The smallest absolute Gasteiger partial charge is 0.269 e. The average molecular weight is 442 g/mol. The number of carbonyl (C=O) groups excluding carboxylic acids is 2. The molecule has 8 heteroatoms. The van der Waals surface area contributed by atoms with E-state index in [1.807, 2.05) is 6.07 Å². The number of aryl methyl sites for hydroxylation is 2. The number of nitrogens with one attached hydrogen (secondary N) is 2. The fourth-order valence-electron chi connectivity index (χ4n) is 4.18. The fourth-order valence-corrected chi connectivity index (χ4v) is 5.70. The molecule has 1 fully saturated rings. The Labute approximate surface area is 182 Å². The van der Waals surface area contributed by atoms with E-state index in [1.54, 1.807) is 0 Å². The molecule has 2 aromatic rings. The van der Waals surface area contributed by atoms with Gasteiger partial charge in [-0.25, -0.2) is 8.42 Å². The van der Waals surface area contributed by atoms with Gasteiger partial charge in [0.2, 0.25) is 15.9 Å². The van der Waals surface area contributed by atoms with E-state index in [0.717, 1.165) is 31.2 Å². The highest BCUT2D eigenvalue weighted by Gasteiger charge is 2.27. The van der Waals surface area contributed by atoms with Crippen molar-refractivity contribution in [2.24, 2.45) is 0 Å². The number of benzene rings is 2. The van der Waals surface area contributed by atoms with E-state index in [2.05, 4.69) is 23.0 Å². The van der Waals surface area contributed by atoms with Gasteiger partial charge in [-0.05, 0) is 79.5 Å². The van der Waals surface area contributed by atoms with Crippen molar-refractivity contribution in [1.29, 1.82) is 0 Å². The monoisotopic (exact) mass is 441 g/mol. The highest BCUT2D eigenvalue weighted by Crippen LogP contribution is 2.23. The Morgan fingerprint density at radius 1 is 0.839 bits per heavy atom. The minimum absolute atomic E-state index is 0.169. The number of sulfonamides is 1. The number of nitrogens with zero attached hydrogens (tertiary/aromatic N) is 1. The van der Waals surface area contributed by atoms with Crippen molar-refractivity contribution in [1.82, 2.24) is 15.2 Å². The molecule has 0 radical (unpaired) electrons. The van der Waals surface area contributed by atoms with Gasteiger partial charge < -0.3 is 0 Å². The number of hydrogen-bond acceptors (Lipinski definition) is 4. The standard InChI is InChI=1S/C23H27N3O4S/c27-22(16-17-7-8-18-5-1-2-6-20(18)15-17)24-25-23(28)19-9-11-21(12-10-19)31(29,30)26-13-3-4-14-26/h7-12,15H,1-6,13-14,16H2,(H,24,27)(H,25,28). The lowest BCUT2D eigenvalue weighted by Gasteiger charge is -2.16. The molecule has 1 aliphatic carbocycles. The van der Waals surface area contributed by atoms with Crippen LogP contribution in [0.5, 0.6) is 0 Å². The Morgan fingerprint density at radius 3 is 2.23 bits per heavy atom. The summed E-state index contributed by atoms with van der Waals surface area (Å²) in [5.74, 6) is -0.804. The predicted octanol–water partition coefficient (Wildman–Crippen LogP) is 2.35. The summed E-state index contributed by atoms with van der Waals surface area (Å²) in [6.45, 7) is 1.06. The van der Waals surface area contributed by atoms with E-state index >= 15 is 0 Å². The normalized spacial score (nSPS) is 16.5. The first-order valence-corrected chi connectivity index (χ1v) is 12.2. The SMILES string of the molecule is O=C(Cc1ccc2c(c1)CCCC2)NNC(=O)c1ccc(S(=O)(=O)N2CCCC2)cc1. The second-order valence-electron chi connectivity index (χ2n) is 8.12. The largest absolute Gasteiger partial charge is 0.273 e. The lowest BCUT2D eigenvalue weighted by molar-refractivity contribution is -0.121. The third kappa shape index (κ3) is 4.97. The van der Waals surface area contributed by atoms with Gasteiger partial charge in [-0.3, -0.25) is 20.4 Å². The molecular formula is C23H27N3O4S. The van der Waals surface area contributed by atoms with Gasteiger partial charge in [0.25, 0.3) is 5.91 Å². The molecule has 2 aromatic carbocycles. The van der Waals surface area contributed by atoms with Gasteiger partial charge in [-0.15, -0.1) is 0 Å². The van der Waals surface area contributed by atoms with E-state index in [1.165, 1.54) is 52.5 Å². The van der Waals surface area contributed by atoms with Crippen LogP contribution in [0, 0.1) is 0 Å². The van der Waals surface area contributed by atoms with E-state index < -0.39 is 15.9 Å². The maximum Gasteiger partial charge on any atom is 0.269 e. The van der Waals surface area contributed by atoms with Crippen LogP contribution in [0.15, 0.2) is 47.4 Å². The zero-order valence-corrected chi connectivity index (χ0v) is 18.2. The first-order valence-electron chi connectivity index (χ1n) is 10.7. The summed E-state index contributed by atoms with van der Waals surface area (Å²) in [5, 5.41) is 0. The maximum atomic E-state index is 12.6. The van der Waals surface area contributed by atoms with Crippen LogP contribution < -0.4 is 10.9 Å². The Hall–Kier alpha value is -2.71. The van der Waals surface area contributed by atoms with Crippen LogP contribution in [0.3, 0.4) is 0 Å². The van der Waals surface area contributed by atoms with Crippen LogP contribution in [0.2, 0.25) is 0 Å². The van der Waals surface area contributed by atoms with Gasteiger partial charge in [0.15, 0.2) is 0 Å². The molecule has 0 atom stereocenters. The van der Waals surface area contributed by atoms with E-state index in [0.29, 0.717) is 13.1 Å². The lowest BCUT2D eigenvalue weighted by Crippen LogP contribution is -2.42. The van der Waals surface area contributed by atoms with Crippen molar-refractivity contribution in [2.45, 2.75) is 49.8 Å². The van der Waals surface area contributed by atoms with Crippen molar-refractivity contribution in [3.05, 3.63) is 64.7 Å². The molecule has 7 nitrogen and oxygen atoms in total. The number of hydrazine groups is 1. The molecule has 2 N–H and O–H groups in total. The molecule has 1 aliphatic heterocycles. The highest BCUT2D eigenvalue weighted by molar-refractivity contribution is 7.89. The van der Waals surface area contributed by atoms with Crippen LogP contribution in [0.1, 0.15) is 52.7 Å². The second kappa shape index (κ2) is 9.20. The summed E-state index contributed by atoms with van der Waals surface area (Å²) in [5.41, 5.74) is 8.69. The fraction of sp³-hybridized carbons (Fsp3) is 0.391. The number of amides is 2. The van der Waals surface area contributed by atoms with E-state index in [9.17, 15) is 18.0 Å². The minimum Gasteiger partial charge on any atom is -0.273 e. The third-order valence-electron chi connectivity index (χ3n) is 5.91. The lowest BCUT2D eigenvalue weighted by atomic mass is 9.90. The molecule has 2 amide bonds. The zero-order valence-electron chi connectivity index (χ0n) is 17.4. The van der Waals surface area contributed by atoms with Gasteiger partial charge in [0.1, 0.15) is 0 Å². The molecule has 31 heavy (non-hydrogen) atoms. The highest BCUT2D eigenvalue weighted by atomic mass is 32.2. The van der Waals surface area contributed by atoms with Crippen LogP contribution >= 0.6 is 0 Å². The Balaban J connectivity index is 1.31. The molecule has 0 bridgehead atoms. The summed E-state index contributed by atoms with van der Waals surface area (Å²) < 4.78 is 26.6. The maximum absolute atomic E-state index is 12.6. The van der Waals surface area contributed by atoms with Crippen LogP contribution in [0.4, 0.5) is 0 Å². The Kier molecular flexibility index (Phi) is 6.38. The Bertz CT molecular complexity index is 1070. The van der Waals surface area contributed by atoms with Gasteiger partial charge in [-0.1, -0.05) is 18.2 Å². The topological polar surface area (TPSA) is 95.6 Å². The predicted molar refractivity (Wildman–Crippen MR) is 117 cm³/mol. The quantitative estimate of drug-likeness (QED) is 0.697. The van der Waals surface area contributed by atoms with Crippen LogP contribution in [0.25, 0.3) is 0 Å². The number of carbonyl (C=O) groups is 2. The molecule has 0 aromatic heterocycles. The van der Waals surface area contributed by atoms with E-state index in [4.69, 9.17) is 0 Å². The summed E-state index contributed by atoms with van der Waals surface area (Å²) in [6.07, 6.45) is 6.44. The van der Waals surface area contributed by atoms with Crippen molar-refractivity contribution < 1.29 is 18.0 Å². The van der Waals surface area contributed by atoms with Crippen molar-refractivity contribution in [2.75, 3.05) is 13.1 Å². The zero-order chi connectivity index (χ0) is 21.8. The summed E-state index contributed by atoms with van der Waals surface area (Å²) in [6, 6.07) is 11.9. The molecule has 0 spiro atoms. The molecule has 0 saturated carbocycles. The van der Waals surface area contributed by atoms with Crippen LogP contribution in [-0.2, 0) is 34.1 Å². The number of rotatable bonds is 5. The summed E-state index contributed by atoms with van der Waals surface area (Å²) in [7, 11) is -3.52. The summed E-state index contributed by atoms with van der Waals surface area (Å²) in [4.78, 5) is 24.7. The number of hydrogen-bond donors (Lipinski definition) is 2. The van der Waals surface area contributed by atoms with Gasteiger partial charge >= 0.3 is 0 Å². The average Bonchev–Trinajstić information content (AvgIpc) is 3.33. The molecule has 1 heterocycles. The van der Waals surface area contributed by atoms with Gasteiger partial charge in [0, 0.05) is 18.7 Å².